The van der Waals surface area contributed by atoms with Crippen LogP contribution in [0, 0.1) is 13.8 Å². The molecule has 1 aliphatic heterocycles. The molecule has 0 saturated carbocycles. The van der Waals surface area contributed by atoms with Crippen LogP contribution in [0.4, 0.5) is 23.9 Å². The summed E-state index contributed by atoms with van der Waals surface area (Å²) in [4.78, 5) is 25.2. The number of benzene rings is 1. The summed E-state index contributed by atoms with van der Waals surface area (Å²) in [6.07, 6.45) is -3.68. The molecule has 4 heterocycles. The quantitative estimate of drug-likeness (QED) is 0.284. The number of rotatable bonds is 4. The lowest BCUT2D eigenvalue weighted by Gasteiger charge is -2.36. The largest absolute Gasteiger partial charge is 0.444 e. The molecule has 0 bridgehead atoms. The first-order valence-electron chi connectivity index (χ1n) is 13.1. The zero-order valence-corrected chi connectivity index (χ0v) is 23.3. The van der Waals surface area contributed by atoms with Gasteiger partial charge in [0.25, 0.3) is 0 Å². The van der Waals surface area contributed by atoms with Crippen molar-refractivity contribution >= 4 is 22.9 Å². The summed E-state index contributed by atoms with van der Waals surface area (Å²) in [6, 6.07) is 4.84. The number of aliphatic hydroxyl groups excluding tert-OH is 1. The summed E-state index contributed by atoms with van der Waals surface area (Å²) in [5.41, 5.74) is 1.20. The first-order chi connectivity index (χ1) is 19.2. The molecule has 2 atom stereocenters. The van der Waals surface area contributed by atoms with Crippen molar-refractivity contribution in [1.82, 2.24) is 25.0 Å². The summed E-state index contributed by atoms with van der Waals surface area (Å²) < 4.78 is 52.9. The second-order valence-corrected chi connectivity index (χ2v) is 11.2. The summed E-state index contributed by atoms with van der Waals surface area (Å²) in [5.74, 6) is 0.579. The summed E-state index contributed by atoms with van der Waals surface area (Å²) in [5, 5.41) is 17.9. The van der Waals surface area contributed by atoms with Crippen LogP contribution in [0.5, 0.6) is 0 Å². The Balaban J connectivity index is 1.47. The number of carbonyl (C=O) groups is 1. The number of alkyl halides is 3. The van der Waals surface area contributed by atoms with Crippen molar-refractivity contribution in [3.8, 4) is 22.4 Å². The number of hydrogen-bond donors (Lipinski definition) is 3. The molecule has 4 aromatic rings. The van der Waals surface area contributed by atoms with Crippen molar-refractivity contribution in [2.24, 2.45) is 0 Å². The lowest BCUT2D eigenvalue weighted by molar-refractivity contribution is -0.137. The molecule has 0 radical (unpaired) electrons. The number of β-amino-alcohol motifs (C(OH)–C–C–N with tert-alkyl or cyclic N) is 1. The van der Waals surface area contributed by atoms with Crippen molar-refractivity contribution in [3.63, 3.8) is 0 Å². The van der Waals surface area contributed by atoms with E-state index < -0.39 is 35.6 Å². The Morgan fingerprint density at radius 3 is 2.63 bits per heavy atom. The number of hydrogen-bond acceptors (Lipinski definition) is 8. The number of carbonyl (C=O) groups excluding carboxylic acids is 1. The maximum absolute atomic E-state index is 14.1. The first kappa shape index (κ1) is 28.4. The monoisotopic (exact) mass is 572 g/mol. The second kappa shape index (κ2) is 10.4. The Hall–Kier alpha value is -4.13. The molecule has 5 rings (SSSR count). The van der Waals surface area contributed by atoms with Crippen LogP contribution >= 0.6 is 0 Å². The SMILES string of the molecule is Cc1noc(C)c1-c1ccc2c(-c3nc(N[C@H]4C[C@@H](O)CN(C(=O)OC(C)(C)C)C4)ncc3C(F)(F)F)c[nH]c2c1. The van der Waals surface area contributed by atoms with Crippen molar-refractivity contribution in [2.75, 3.05) is 18.4 Å². The number of ether oxygens (including phenoxy) is 1. The molecule has 1 aliphatic rings. The van der Waals surface area contributed by atoms with Gasteiger partial charge < -0.3 is 29.6 Å². The number of amides is 1. The summed E-state index contributed by atoms with van der Waals surface area (Å²) in [6.45, 7) is 9.06. The number of likely N-dealkylation sites (tertiary alicyclic amines) is 1. The standard InChI is InChI=1S/C28H31F3N6O4/c1-14-23(15(2)41-36-14)16-6-7-19-20(10-32-22(19)8-16)24-21(28(29,30)31)11-33-25(35-24)34-17-9-18(38)13-37(12-17)26(39)40-27(3,4)5/h6-8,10-11,17-18,32,38H,9,12-13H2,1-5H3,(H,33,34,35)/t17-,18+/m0/s1. The van der Waals surface area contributed by atoms with E-state index in [4.69, 9.17) is 9.26 Å². The number of nitrogens with zero attached hydrogens (tertiary/aromatic N) is 4. The highest BCUT2D eigenvalue weighted by molar-refractivity contribution is 5.97. The number of anilines is 1. The number of piperidine rings is 1. The van der Waals surface area contributed by atoms with Gasteiger partial charge in [-0.05, 0) is 52.7 Å². The highest BCUT2D eigenvalue weighted by atomic mass is 19.4. The molecular formula is C28H31F3N6O4. The number of aryl methyl sites for hydroxylation is 2. The Labute approximate surface area is 233 Å². The zero-order valence-electron chi connectivity index (χ0n) is 23.3. The van der Waals surface area contributed by atoms with Crippen LogP contribution in [-0.4, -0.2) is 67.0 Å². The Morgan fingerprint density at radius 2 is 1.98 bits per heavy atom. The molecule has 1 aromatic carbocycles. The van der Waals surface area contributed by atoms with Crippen LogP contribution in [0.25, 0.3) is 33.3 Å². The topological polar surface area (TPSA) is 129 Å². The van der Waals surface area contributed by atoms with Crippen LogP contribution in [0.1, 0.15) is 44.2 Å². The van der Waals surface area contributed by atoms with Gasteiger partial charge >= 0.3 is 12.3 Å². The van der Waals surface area contributed by atoms with Gasteiger partial charge in [-0.2, -0.15) is 13.2 Å². The maximum atomic E-state index is 14.1. The first-order valence-corrected chi connectivity index (χ1v) is 13.1. The highest BCUT2D eigenvalue weighted by Gasteiger charge is 2.37. The minimum Gasteiger partial charge on any atom is -0.444 e. The minimum atomic E-state index is -4.71. The number of H-pyrrole nitrogens is 1. The Kier molecular flexibility index (Phi) is 7.18. The van der Waals surface area contributed by atoms with Crippen LogP contribution in [-0.2, 0) is 10.9 Å². The van der Waals surface area contributed by atoms with Gasteiger partial charge in [0.2, 0.25) is 5.95 Å². The molecule has 0 unspecified atom stereocenters. The van der Waals surface area contributed by atoms with E-state index in [0.717, 1.165) is 17.3 Å². The average Bonchev–Trinajstić information content (AvgIpc) is 3.43. The van der Waals surface area contributed by atoms with E-state index in [-0.39, 0.29) is 36.7 Å². The molecule has 13 heteroatoms. The van der Waals surface area contributed by atoms with Gasteiger partial charge in [0.05, 0.1) is 24.0 Å². The van der Waals surface area contributed by atoms with Crippen LogP contribution in [0.2, 0.25) is 0 Å². The molecule has 218 valence electrons. The van der Waals surface area contributed by atoms with Gasteiger partial charge in [-0.15, -0.1) is 0 Å². The predicted molar refractivity (Wildman–Crippen MR) is 145 cm³/mol. The van der Waals surface area contributed by atoms with Crippen LogP contribution < -0.4 is 5.32 Å². The molecule has 1 saturated heterocycles. The third-order valence-electron chi connectivity index (χ3n) is 6.77. The number of nitrogens with one attached hydrogen (secondary N) is 2. The van der Waals surface area contributed by atoms with Crippen LogP contribution in [0.15, 0.2) is 35.1 Å². The van der Waals surface area contributed by atoms with E-state index in [0.29, 0.717) is 22.4 Å². The fourth-order valence-corrected chi connectivity index (χ4v) is 5.07. The fourth-order valence-electron chi connectivity index (χ4n) is 5.07. The zero-order chi connectivity index (χ0) is 29.7. The molecule has 3 aromatic heterocycles. The Morgan fingerprint density at radius 1 is 1.22 bits per heavy atom. The molecular weight excluding hydrogens is 541 g/mol. The van der Waals surface area contributed by atoms with Gasteiger partial charge in [0.1, 0.15) is 16.9 Å². The third-order valence-corrected chi connectivity index (χ3v) is 6.77. The van der Waals surface area contributed by atoms with E-state index in [1.807, 2.05) is 13.0 Å². The van der Waals surface area contributed by atoms with E-state index in [9.17, 15) is 23.1 Å². The highest BCUT2D eigenvalue weighted by Crippen LogP contribution is 2.40. The smallest absolute Gasteiger partial charge is 0.419 e. The van der Waals surface area contributed by atoms with E-state index in [1.165, 1.54) is 11.1 Å². The maximum Gasteiger partial charge on any atom is 0.419 e. The summed E-state index contributed by atoms with van der Waals surface area (Å²) >= 11 is 0. The van der Waals surface area contributed by atoms with Crippen molar-refractivity contribution < 1.29 is 32.3 Å². The molecule has 1 amide bonds. The lowest BCUT2D eigenvalue weighted by Crippen LogP contribution is -2.52. The molecule has 10 nitrogen and oxygen atoms in total. The number of aliphatic hydroxyl groups is 1. The average molecular weight is 573 g/mol. The van der Waals surface area contributed by atoms with E-state index >= 15 is 0 Å². The van der Waals surface area contributed by atoms with Crippen molar-refractivity contribution in [2.45, 2.75) is 65.0 Å². The molecule has 3 N–H and O–H groups in total. The Bertz CT molecular complexity index is 1570. The second-order valence-electron chi connectivity index (χ2n) is 11.2. The van der Waals surface area contributed by atoms with Gasteiger partial charge in [-0.1, -0.05) is 17.3 Å². The fraction of sp³-hybridized carbons (Fsp3) is 0.429. The number of halogens is 3. The number of fused-ring (bicyclic) bond motifs is 1. The van der Waals surface area contributed by atoms with Gasteiger partial charge in [0.15, 0.2) is 0 Å². The third kappa shape index (κ3) is 5.99. The van der Waals surface area contributed by atoms with E-state index in [1.54, 1.807) is 39.8 Å². The van der Waals surface area contributed by atoms with Gasteiger partial charge in [0, 0.05) is 47.0 Å². The molecule has 41 heavy (non-hydrogen) atoms. The minimum absolute atomic E-state index is 0.0575. The molecule has 0 spiro atoms. The number of aromatic nitrogens is 4. The van der Waals surface area contributed by atoms with E-state index in [2.05, 4.69) is 25.4 Å². The van der Waals surface area contributed by atoms with Gasteiger partial charge in [-0.3, -0.25) is 0 Å². The van der Waals surface area contributed by atoms with Crippen molar-refractivity contribution in [1.29, 1.82) is 0 Å². The number of aromatic amines is 1. The van der Waals surface area contributed by atoms with Gasteiger partial charge in [-0.25, -0.2) is 14.8 Å². The van der Waals surface area contributed by atoms with Crippen LogP contribution in [0.3, 0.4) is 0 Å². The molecule has 0 aliphatic carbocycles. The predicted octanol–water partition coefficient (Wildman–Crippen LogP) is 5.70. The van der Waals surface area contributed by atoms with Crippen molar-refractivity contribution in [3.05, 3.63) is 47.6 Å². The summed E-state index contributed by atoms with van der Waals surface area (Å²) in [7, 11) is 0. The molecule has 1 fully saturated rings. The normalized spacial score (nSPS) is 18.1. The lowest BCUT2D eigenvalue weighted by atomic mass is 10.0.